The number of urea groups is 1. The molecule has 4 saturated carbocycles. The Hall–Kier alpha value is -2.41. The molecule has 0 aliphatic heterocycles. The average molecular weight is 386 g/mol. The number of amides is 3. The number of esters is 1. The van der Waals surface area contributed by atoms with E-state index in [0.29, 0.717) is 36.8 Å². The first-order chi connectivity index (χ1) is 13.3. The topological polar surface area (TPSA) is 105 Å². The fraction of sp³-hybridized carbons (Fsp3) is 0.571. The van der Waals surface area contributed by atoms with Crippen LogP contribution >= 0.6 is 0 Å². The van der Waals surface area contributed by atoms with Gasteiger partial charge in [-0.2, -0.15) is 0 Å². The molecule has 4 bridgehead atoms. The van der Waals surface area contributed by atoms with Crippen LogP contribution in [0.25, 0.3) is 0 Å². The molecule has 4 fully saturated rings. The van der Waals surface area contributed by atoms with Gasteiger partial charge >= 0.3 is 12.0 Å². The van der Waals surface area contributed by atoms with Gasteiger partial charge in [-0.3, -0.25) is 14.9 Å². The Balaban J connectivity index is 1.34. The molecule has 0 heterocycles. The van der Waals surface area contributed by atoms with Crippen molar-refractivity contribution in [2.45, 2.75) is 57.2 Å². The van der Waals surface area contributed by atoms with Crippen molar-refractivity contribution in [1.82, 2.24) is 5.32 Å². The SMILES string of the molecule is CC(OC(=O)C12CC3CC(CC(O)(C3)C1)C2)C(=O)NC(=O)Nc1ccccc1. The number of ether oxygens (including phenoxy) is 1. The predicted molar refractivity (Wildman–Crippen MR) is 101 cm³/mol. The first-order valence-corrected chi connectivity index (χ1v) is 9.87. The van der Waals surface area contributed by atoms with Gasteiger partial charge in [0.2, 0.25) is 0 Å². The smallest absolute Gasteiger partial charge is 0.325 e. The largest absolute Gasteiger partial charge is 0.452 e. The van der Waals surface area contributed by atoms with Gasteiger partial charge in [-0.05, 0) is 69.4 Å². The van der Waals surface area contributed by atoms with Crippen molar-refractivity contribution >= 4 is 23.6 Å². The molecule has 3 N–H and O–H groups in total. The van der Waals surface area contributed by atoms with Gasteiger partial charge < -0.3 is 15.2 Å². The Morgan fingerprint density at radius 3 is 2.36 bits per heavy atom. The number of carbonyl (C=O) groups is 3. The third-order valence-electron chi connectivity index (χ3n) is 6.38. The van der Waals surface area contributed by atoms with E-state index in [0.717, 1.165) is 19.3 Å². The molecule has 0 radical (unpaired) electrons. The van der Waals surface area contributed by atoms with Crippen molar-refractivity contribution in [3.8, 4) is 0 Å². The molecule has 3 unspecified atom stereocenters. The molecule has 7 heteroatoms. The van der Waals surface area contributed by atoms with Crippen LogP contribution in [-0.4, -0.2) is 34.7 Å². The number of hydrogen-bond acceptors (Lipinski definition) is 5. The lowest BCUT2D eigenvalue weighted by atomic mass is 9.48. The summed E-state index contributed by atoms with van der Waals surface area (Å²) >= 11 is 0. The zero-order valence-corrected chi connectivity index (χ0v) is 15.9. The lowest BCUT2D eigenvalue weighted by molar-refractivity contribution is -0.199. The predicted octanol–water partition coefficient (Wildman–Crippen LogP) is 2.60. The summed E-state index contributed by atoms with van der Waals surface area (Å²) in [6.07, 6.45) is 3.34. The molecule has 4 aliphatic rings. The minimum absolute atomic E-state index is 0.347. The van der Waals surface area contributed by atoms with Crippen molar-refractivity contribution < 1.29 is 24.2 Å². The number of rotatable bonds is 4. The Kier molecular flexibility index (Phi) is 4.65. The monoisotopic (exact) mass is 386 g/mol. The fourth-order valence-electron chi connectivity index (χ4n) is 5.69. The summed E-state index contributed by atoms with van der Waals surface area (Å²) in [7, 11) is 0. The Bertz CT molecular complexity index is 779. The van der Waals surface area contributed by atoms with Crippen molar-refractivity contribution in [3.63, 3.8) is 0 Å². The van der Waals surface area contributed by atoms with Crippen LogP contribution in [0.1, 0.15) is 45.4 Å². The maximum atomic E-state index is 12.9. The van der Waals surface area contributed by atoms with E-state index in [1.165, 1.54) is 6.92 Å². The number of para-hydroxylation sites is 1. The molecule has 150 valence electrons. The molecule has 1 aromatic rings. The second kappa shape index (κ2) is 6.88. The van der Waals surface area contributed by atoms with E-state index in [1.807, 2.05) is 6.07 Å². The van der Waals surface area contributed by atoms with Crippen molar-refractivity contribution in [2.75, 3.05) is 5.32 Å². The third kappa shape index (κ3) is 3.63. The van der Waals surface area contributed by atoms with E-state index in [9.17, 15) is 19.5 Å². The van der Waals surface area contributed by atoms with Crippen molar-refractivity contribution in [3.05, 3.63) is 30.3 Å². The number of nitrogens with one attached hydrogen (secondary N) is 2. The van der Waals surface area contributed by atoms with Gasteiger partial charge in [0.1, 0.15) is 0 Å². The summed E-state index contributed by atoms with van der Waals surface area (Å²) in [5, 5.41) is 15.5. The van der Waals surface area contributed by atoms with E-state index in [-0.39, 0.29) is 0 Å². The van der Waals surface area contributed by atoms with Crippen LogP contribution in [0.15, 0.2) is 30.3 Å². The maximum Gasteiger partial charge on any atom is 0.325 e. The quantitative estimate of drug-likeness (QED) is 0.690. The summed E-state index contributed by atoms with van der Waals surface area (Å²) in [6, 6.07) is 8.07. The van der Waals surface area contributed by atoms with Gasteiger partial charge in [-0.15, -0.1) is 0 Å². The highest BCUT2D eigenvalue weighted by Crippen LogP contribution is 2.62. The van der Waals surface area contributed by atoms with Crippen LogP contribution in [0.5, 0.6) is 0 Å². The van der Waals surface area contributed by atoms with E-state index in [1.54, 1.807) is 24.3 Å². The van der Waals surface area contributed by atoms with Crippen LogP contribution in [0, 0.1) is 17.3 Å². The fourth-order valence-corrected chi connectivity index (χ4v) is 5.69. The molecule has 4 aliphatic carbocycles. The zero-order chi connectivity index (χ0) is 19.9. The number of anilines is 1. The first-order valence-electron chi connectivity index (χ1n) is 9.87. The minimum Gasteiger partial charge on any atom is -0.452 e. The highest BCUT2D eigenvalue weighted by Gasteiger charge is 2.61. The number of carbonyl (C=O) groups excluding carboxylic acids is 3. The average Bonchev–Trinajstić information content (AvgIpc) is 2.60. The normalized spacial score (nSPS) is 33.8. The third-order valence-corrected chi connectivity index (χ3v) is 6.38. The van der Waals surface area contributed by atoms with E-state index in [4.69, 9.17) is 4.74 Å². The van der Waals surface area contributed by atoms with E-state index in [2.05, 4.69) is 10.6 Å². The lowest BCUT2D eigenvalue weighted by Gasteiger charge is -2.58. The molecule has 5 rings (SSSR count). The van der Waals surface area contributed by atoms with Gasteiger partial charge in [-0.25, -0.2) is 4.79 Å². The molecule has 0 spiro atoms. The van der Waals surface area contributed by atoms with Gasteiger partial charge in [0.15, 0.2) is 6.10 Å². The Labute approximate surface area is 163 Å². The summed E-state index contributed by atoms with van der Waals surface area (Å²) in [4.78, 5) is 37.1. The number of imide groups is 1. The van der Waals surface area contributed by atoms with Crippen molar-refractivity contribution in [1.29, 1.82) is 0 Å². The van der Waals surface area contributed by atoms with E-state index >= 15 is 0 Å². The maximum absolute atomic E-state index is 12.9. The summed E-state index contributed by atoms with van der Waals surface area (Å²) < 4.78 is 5.45. The van der Waals surface area contributed by atoms with Crippen LogP contribution in [0.4, 0.5) is 10.5 Å². The van der Waals surface area contributed by atoms with Gasteiger partial charge in [-0.1, -0.05) is 18.2 Å². The molecule has 3 amide bonds. The molecular formula is C21H26N2O5. The molecule has 7 nitrogen and oxygen atoms in total. The van der Waals surface area contributed by atoms with Crippen LogP contribution in [0.2, 0.25) is 0 Å². The highest BCUT2D eigenvalue weighted by molar-refractivity contribution is 6.03. The van der Waals surface area contributed by atoms with Gasteiger partial charge in [0.05, 0.1) is 11.0 Å². The standard InChI is InChI=1S/C21H26N2O5/c1-13(17(24)23-19(26)22-16-5-3-2-4-6-16)28-18(25)20-8-14-7-15(9-20)11-21(27,10-14)12-20/h2-6,13-15,27H,7-12H2,1H3,(H2,22,23,24,26). The number of hydrogen-bond donors (Lipinski definition) is 3. The molecule has 0 saturated heterocycles. The van der Waals surface area contributed by atoms with Gasteiger partial charge in [0.25, 0.3) is 5.91 Å². The van der Waals surface area contributed by atoms with Crippen molar-refractivity contribution in [2.24, 2.45) is 17.3 Å². The first kappa shape index (κ1) is 18.9. The molecular weight excluding hydrogens is 360 g/mol. The molecule has 0 aromatic heterocycles. The molecule has 1 aromatic carbocycles. The highest BCUT2D eigenvalue weighted by atomic mass is 16.5. The van der Waals surface area contributed by atoms with E-state index < -0.39 is 35.0 Å². The second-order valence-electron chi connectivity index (χ2n) is 8.82. The van der Waals surface area contributed by atoms with Gasteiger partial charge in [0, 0.05) is 5.69 Å². The number of aliphatic hydroxyl groups is 1. The van der Waals surface area contributed by atoms with Crippen LogP contribution in [0.3, 0.4) is 0 Å². The minimum atomic E-state index is -1.09. The second-order valence-corrected chi connectivity index (χ2v) is 8.82. The van der Waals surface area contributed by atoms with Crippen LogP contribution in [-0.2, 0) is 14.3 Å². The molecule has 28 heavy (non-hydrogen) atoms. The summed E-state index contributed by atoms with van der Waals surface area (Å²) in [5.41, 5.74) is -0.914. The Morgan fingerprint density at radius 1 is 1.11 bits per heavy atom. The summed E-state index contributed by atoms with van der Waals surface area (Å²) in [5.74, 6) is -0.407. The lowest BCUT2D eigenvalue weighted by Crippen LogP contribution is -2.59. The Morgan fingerprint density at radius 2 is 1.75 bits per heavy atom. The zero-order valence-electron chi connectivity index (χ0n) is 15.9. The molecule has 3 atom stereocenters. The number of benzene rings is 1. The summed E-state index contributed by atoms with van der Waals surface area (Å²) in [6.45, 7) is 1.46. The van der Waals surface area contributed by atoms with Crippen LogP contribution < -0.4 is 10.6 Å².